The predicted octanol–water partition coefficient (Wildman–Crippen LogP) is 2.40. The number of methoxy groups -OCH3 is 1. The van der Waals surface area contributed by atoms with Gasteiger partial charge in [-0.2, -0.15) is 0 Å². The molecule has 0 spiro atoms. The Morgan fingerprint density at radius 2 is 2.06 bits per heavy atom. The molecule has 0 saturated heterocycles. The number of nitrogens with one attached hydrogen (secondary N) is 1. The molecule has 1 N–H and O–H groups in total. The van der Waals surface area contributed by atoms with E-state index in [1.165, 1.54) is 0 Å². The highest BCUT2D eigenvalue weighted by molar-refractivity contribution is 5.34. The number of rotatable bonds is 4. The summed E-state index contributed by atoms with van der Waals surface area (Å²) in [6, 6.07) is 14.0. The minimum Gasteiger partial charge on any atom is -0.497 e. The zero-order valence-electron chi connectivity index (χ0n) is 10.1. The van der Waals surface area contributed by atoms with Crippen molar-refractivity contribution in [3.05, 3.63) is 59.9 Å². The molecule has 0 saturated carbocycles. The third-order valence-corrected chi connectivity index (χ3v) is 2.70. The van der Waals surface area contributed by atoms with Crippen molar-refractivity contribution in [1.82, 2.24) is 10.3 Å². The van der Waals surface area contributed by atoms with Crippen molar-refractivity contribution in [2.24, 2.45) is 0 Å². The number of pyridine rings is 1. The predicted molar refractivity (Wildman–Crippen MR) is 68.1 cm³/mol. The van der Waals surface area contributed by atoms with Crippen LogP contribution >= 0.6 is 0 Å². The normalized spacial score (nSPS) is 12.1. The Morgan fingerprint density at radius 3 is 2.71 bits per heavy atom. The average molecular weight is 228 g/mol. The molecule has 0 radical (unpaired) electrons. The molecule has 3 nitrogen and oxygen atoms in total. The Balaban J connectivity index is 2.35. The van der Waals surface area contributed by atoms with Crippen molar-refractivity contribution in [3.63, 3.8) is 0 Å². The summed E-state index contributed by atoms with van der Waals surface area (Å²) in [6.07, 6.45) is 1.81. The molecule has 17 heavy (non-hydrogen) atoms. The molecule has 2 aromatic rings. The largest absolute Gasteiger partial charge is 0.497 e. The van der Waals surface area contributed by atoms with Crippen molar-refractivity contribution < 1.29 is 4.74 Å². The van der Waals surface area contributed by atoms with Crippen molar-refractivity contribution in [2.75, 3.05) is 14.2 Å². The molecule has 0 fully saturated rings. The topological polar surface area (TPSA) is 34.1 Å². The Labute approximate surface area is 101 Å². The number of aromatic nitrogens is 1. The Bertz CT molecular complexity index is 471. The molecule has 1 aromatic carbocycles. The van der Waals surface area contributed by atoms with Gasteiger partial charge in [-0.05, 0) is 36.9 Å². The van der Waals surface area contributed by atoms with Crippen LogP contribution in [0.3, 0.4) is 0 Å². The van der Waals surface area contributed by atoms with Gasteiger partial charge in [-0.25, -0.2) is 0 Å². The lowest BCUT2D eigenvalue weighted by atomic mass is 10.0. The smallest absolute Gasteiger partial charge is 0.119 e. The SMILES string of the molecule is CNC(c1cccc(OC)c1)c1ccccn1. The van der Waals surface area contributed by atoms with E-state index in [9.17, 15) is 0 Å². The van der Waals surface area contributed by atoms with Crippen LogP contribution < -0.4 is 10.1 Å². The van der Waals surface area contributed by atoms with Crippen LogP contribution in [0.5, 0.6) is 5.75 Å². The van der Waals surface area contributed by atoms with Gasteiger partial charge in [0.1, 0.15) is 5.75 Å². The van der Waals surface area contributed by atoms with Crippen molar-refractivity contribution in [3.8, 4) is 5.75 Å². The molecule has 0 aliphatic rings. The second-order valence-corrected chi connectivity index (χ2v) is 3.75. The zero-order chi connectivity index (χ0) is 12.1. The fourth-order valence-electron chi connectivity index (χ4n) is 1.85. The van der Waals surface area contributed by atoms with Crippen molar-refractivity contribution >= 4 is 0 Å². The summed E-state index contributed by atoms with van der Waals surface area (Å²) in [5, 5.41) is 3.27. The molecule has 1 atom stereocenters. The first-order valence-corrected chi connectivity index (χ1v) is 5.57. The molecule has 1 heterocycles. The molecule has 0 aliphatic carbocycles. The van der Waals surface area contributed by atoms with Gasteiger partial charge >= 0.3 is 0 Å². The van der Waals surface area contributed by atoms with Crippen LogP contribution in [-0.2, 0) is 0 Å². The summed E-state index contributed by atoms with van der Waals surface area (Å²) in [7, 11) is 3.60. The second-order valence-electron chi connectivity index (χ2n) is 3.75. The van der Waals surface area contributed by atoms with E-state index in [0.29, 0.717) is 0 Å². The van der Waals surface area contributed by atoms with E-state index >= 15 is 0 Å². The van der Waals surface area contributed by atoms with Gasteiger partial charge < -0.3 is 10.1 Å². The van der Waals surface area contributed by atoms with Crippen LogP contribution in [0.15, 0.2) is 48.7 Å². The second kappa shape index (κ2) is 5.46. The average Bonchev–Trinajstić information content (AvgIpc) is 2.41. The summed E-state index contributed by atoms with van der Waals surface area (Å²) in [6.45, 7) is 0. The first-order chi connectivity index (χ1) is 8.35. The van der Waals surface area contributed by atoms with E-state index in [-0.39, 0.29) is 6.04 Å². The summed E-state index contributed by atoms with van der Waals surface area (Å²) in [5.41, 5.74) is 2.15. The Hall–Kier alpha value is -1.87. The minimum absolute atomic E-state index is 0.0892. The molecule has 0 bridgehead atoms. The molecular formula is C14H16N2O. The monoisotopic (exact) mass is 228 g/mol. The minimum atomic E-state index is 0.0892. The molecule has 3 heteroatoms. The lowest BCUT2D eigenvalue weighted by Crippen LogP contribution is -2.18. The third-order valence-electron chi connectivity index (χ3n) is 2.70. The number of nitrogens with zero attached hydrogens (tertiary/aromatic N) is 1. The van der Waals surface area contributed by atoms with Gasteiger partial charge in [0.15, 0.2) is 0 Å². The van der Waals surface area contributed by atoms with E-state index < -0.39 is 0 Å². The maximum Gasteiger partial charge on any atom is 0.119 e. The number of benzene rings is 1. The fraction of sp³-hybridized carbons (Fsp3) is 0.214. The molecule has 88 valence electrons. The van der Waals surface area contributed by atoms with Gasteiger partial charge in [0, 0.05) is 6.20 Å². The van der Waals surface area contributed by atoms with Crippen LogP contribution in [0.4, 0.5) is 0 Å². The van der Waals surface area contributed by atoms with Gasteiger partial charge in [0.2, 0.25) is 0 Å². The van der Waals surface area contributed by atoms with Crippen LogP contribution in [0.2, 0.25) is 0 Å². The quantitative estimate of drug-likeness (QED) is 0.872. The lowest BCUT2D eigenvalue weighted by molar-refractivity contribution is 0.413. The van der Waals surface area contributed by atoms with Crippen molar-refractivity contribution in [2.45, 2.75) is 6.04 Å². The zero-order valence-corrected chi connectivity index (χ0v) is 10.1. The van der Waals surface area contributed by atoms with Gasteiger partial charge in [-0.1, -0.05) is 18.2 Å². The van der Waals surface area contributed by atoms with Crippen molar-refractivity contribution in [1.29, 1.82) is 0 Å². The van der Waals surface area contributed by atoms with Crippen LogP contribution in [0.25, 0.3) is 0 Å². The first kappa shape index (κ1) is 11.6. The number of ether oxygens (including phenoxy) is 1. The lowest BCUT2D eigenvalue weighted by Gasteiger charge is -2.16. The highest BCUT2D eigenvalue weighted by Crippen LogP contribution is 2.23. The van der Waals surface area contributed by atoms with E-state index in [2.05, 4.69) is 16.4 Å². The first-order valence-electron chi connectivity index (χ1n) is 5.57. The molecule has 1 aromatic heterocycles. The van der Waals surface area contributed by atoms with Crippen LogP contribution in [0.1, 0.15) is 17.3 Å². The summed E-state index contributed by atoms with van der Waals surface area (Å²) >= 11 is 0. The fourth-order valence-corrected chi connectivity index (χ4v) is 1.85. The maximum absolute atomic E-state index is 5.24. The van der Waals surface area contributed by atoms with E-state index in [4.69, 9.17) is 4.74 Å². The standard InChI is InChI=1S/C14H16N2O/c1-15-14(13-8-3-4-9-16-13)11-6-5-7-12(10-11)17-2/h3-10,14-15H,1-2H3. The summed E-state index contributed by atoms with van der Waals surface area (Å²) < 4.78 is 5.24. The molecule has 0 amide bonds. The van der Waals surface area contributed by atoms with Gasteiger partial charge in [0.25, 0.3) is 0 Å². The molecule has 2 rings (SSSR count). The Kier molecular flexibility index (Phi) is 3.73. The van der Waals surface area contributed by atoms with E-state index in [0.717, 1.165) is 17.0 Å². The molecular weight excluding hydrogens is 212 g/mol. The van der Waals surface area contributed by atoms with Crippen LogP contribution in [0, 0.1) is 0 Å². The van der Waals surface area contributed by atoms with Gasteiger partial charge in [-0.15, -0.1) is 0 Å². The Morgan fingerprint density at radius 1 is 1.18 bits per heavy atom. The van der Waals surface area contributed by atoms with Gasteiger partial charge in [-0.3, -0.25) is 4.98 Å². The maximum atomic E-state index is 5.24. The van der Waals surface area contributed by atoms with E-state index in [1.807, 2.05) is 43.4 Å². The third kappa shape index (κ3) is 2.63. The highest BCUT2D eigenvalue weighted by Gasteiger charge is 2.13. The summed E-state index contributed by atoms with van der Waals surface area (Å²) in [5.74, 6) is 0.860. The highest BCUT2D eigenvalue weighted by atomic mass is 16.5. The number of hydrogen-bond acceptors (Lipinski definition) is 3. The van der Waals surface area contributed by atoms with Crippen LogP contribution in [-0.4, -0.2) is 19.1 Å². The van der Waals surface area contributed by atoms with E-state index in [1.54, 1.807) is 13.3 Å². The number of hydrogen-bond donors (Lipinski definition) is 1. The van der Waals surface area contributed by atoms with Gasteiger partial charge in [0.05, 0.1) is 18.8 Å². The molecule has 0 aliphatic heterocycles. The molecule has 1 unspecified atom stereocenters. The summed E-state index contributed by atoms with van der Waals surface area (Å²) in [4.78, 5) is 4.38.